The smallest absolute Gasteiger partial charge is 0.254 e. The van der Waals surface area contributed by atoms with Crippen LogP contribution in [0.25, 0.3) is 11.5 Å². The highest BCUT2D eigenvalue weighted by atomic mass is 32.2. The summed E-state index contributed by atoms with van der Waals surface area (Å²) < 4.78 is 30.7. The molecule has 1 aliphatic heterocycles. The number of hydrogen-bond donors (Lipinski definition) is 1. The fourth-order valence-corrected chi connectivity index (χ4v) is 3.83. The highest BCUT2D eigenvalue weighted by Crippen LogP contribution is 2.18. The van der Waals surface area contributed by atoms with Gasteiger partial charge in [-0.15, -0.1) is 0 Å². The van der Waals surface area contributed by atoms with Crippen molar-refractivity contribution >= 4 is 15.9 Å². The normalized spacial score (nSPS) is 20.0. The van der Waals surface area contributed by atoms with Crippen LogP contribution in [-0.4, -0.2) is 72.7 Å². The molecule has 3 heterocycles. The SMILES string of the molecule is CN(C)S(=O)(=O)C[C@@H]1COC[C@H]1NC(=O)c1cnc(-c2ccccn2)nc1. The first-order valence-electron chi connectivity index (χ1n) is 8.39. The van der Waals surface area contributed by atoms with Crippen LogP contribution in [0, 0.1) is 5.92 Å². The Morgan fingerprint density at radius 1 is 1.22 bits per heavy atom. The summed E-state index contributed by atoms with van der Waals surface area (Å²) in [5, 5.41) is 2.82. The van der Waals surface area contributed by atoms with Gasteiger partial charge in [0.25, 0.3) is 5.91 Å². The number of carbonyl (C=O) groups is 1. The Labute approximate surface area is 157 Å². The van der Waals surface area contributed by atoms with Gasteiger partial charge < -0.3 is 10.1 Å². The van der Waals surface area contributed by atoms with Crippen molar-refractivity contribution in [2.75, 3.05) is 33.1 Å². The highest BCUT2D eigenvalue weighted by Gasteiger charge is 2.34. The van der Waals surface area contributed by atoms with Crippen molar-refractivity contribution in [1.82, 2.24) is 24.6 Å². The van der Waals surface area contributed by atoms with Crippen molar-refractivity contribution in [3.63, 3.8) is 0 Å². The van der Waals surface area contributed by atoms with E-state index >= 15 is 0 Å². The van der Waals surface area contributed by atoms with Crippen LogP contribution < -0.4 is 5.32 Å². The fourth-order valence-electron chi connectivity index (χ4n) is 2.67. The lowest BCUT2D eigenvalue weighted by Gasteiger charge is -2.21. The van der Waals surface area contributed by atoms with Gasteiger partial charge in [-0.05, 0) is 12.1 Å². The van der Waals surface area contributed by atoms with E-state index in [9.17, 15) is 13.2 Å². The van der Waals surface area contributed by atoms with E-state index in [-0.39, 0.29) is 42.4 Å². The highest BCUT2D eigenvalue weighted by molar-refractivity contribution is 7.89. The van der Waals surface area contributed by atoms with E-state index in [0.29, 0.717) is 11.5 Å². The van der Waals surface area contributed by atoms with Crippen molar-refractivity contribution in [3.05, 3.63) is 42.4 Å². The summed E-state index contributed by atoms with van der Waals surface area (Å²) in [6.07, 6.45) is 4.49. The van der Waals surface area contributed by atoms with Crippen LogP contribution in [0.3, 0.4) is 0 Å². The second-order valence-corrected chi connectivity index (χ2v) is 8.68. The average molecular weight is 391 g/mol. The number of carbonyl (C=O) groups excluding carboxylic acids is 1. The van der Waals surface area contributed by atoms with E-state index in [1.54, 1.807) is 18.3 Å². The lowest BCUT2D eigenvalue weighted by atomic mass is 10.1. The molecule has 3 rings (SSSR count). The van der Waals surface area contributed by atoms with Crippen LogP contribution in [0.2, 0.25) is 0 Å². The number of hydrogen-bond acceptors (Lipinski definition) is 7. The molecule has 9 nitrogen and oxygen atoms in total. The first-order chi connectivity index (χ1) is 12.9. The van der Waals surface area contributed by atoms with E-state index in [1.807, 2.05) is 6.07 Å². The van der Waals surface area contributed by atoms with Crippen molar-refractivity contribution in [1.29, 1.82) is 0 Å². The molecule has 1 saturated heterocycles. The molecular weight excluding hydrogens is 370 g/mol. The minimum absolute atomic E-state index is 0.0833. The van der Waals surface area contributed by atoms with Crippen molar-refractivity contribution in [2.24, 2.45) is 5.92 Å². The molecule has 1 amide bonds. The Bertz CT molecular complexity index is 887. The quantitative estimate of drug-likeness (QED) is 0.747. The van der Waals surface area contributed by atoms with Crippen LogP contribution in [0.4, 0.5) is 0 Å². The maximum absolute atomic E-state index is 12.5. The number of sulfonamides is 1. The van der Waals surface area contributed by atoms with Crippen LogP contribution in [-0.2, 0) is 14.8 Å². The summed E-state index contributed by atoms with van der Waals surface area (Å²) >= 11 is 0. The van der Waals surface area contributed by atoms with Crippen molar-refractivity contribution < 1.29 is 17.9 Å². The molecule has 0 aromatic carbocycles. The van der Waals surface area contributed by atoms with Gasteiger partial charge in [0.15, 0.2) is 5.82 Å². The molecule has 10 heteroatoms. The van der Waals surface area contributed by atoms with E-state index in [4.69, 9.17) is 4.74 Å². The first-order valence-corrected chi connectivity index (χ1v) is 10.00. The summed E-state index contributed by atoms with van der Waals surface area (Å²) in [5.74, 6) is -0.341. The Balaban J connectivity index is 1.66. The standard InChI is InChI=1S/C17H21N5O4S/c1-22(2)27(24,25)11-13-9-26-10-15(13)21-17(23)12-7-19-16(20-8-12)14-5-3-4-6-18-14/h3-8,13,15H,9-11H2,1-2H3,(H,21,23)/t13-,15+/m0/s1. The van der Waals surface area contributed by atoms with Gasteiger partial charge in [-0.3, -0.25) is 9.78 Å². The predicted octanol–water partition coefficient (Wildman–Crippen LogP) is 0.175. The number of aromatic nitrogens is 3. The molecule has 1 fully saturated rings. The molecule has 27 heavy (non-hydrogen) atoms. The van der Waals surface area contributed by atoms with Gasteiger partial charge >= 0.3 is 0 Å². The minimum atomic E-state index is -3.38. The third kappa shape index (κ3) is 4.65. The second kappa shape index (κ2) is 8.07. The molecule has 1 aliphatic rings. The molecule has 0 radical (unpaired) electrons. The third-order valence-corrected chi connectivity index (χ3v) is 6.27. The molecule has 0 unspecified atom stereocenters. The number of pyridine rings is 1. The predicted molar refractivity (Wildman–Crippen MR) is 98.3 cm³/mol. The number of nitrogens with one attached hydrogen (secondary N) is 1. The largest absolute Gasteiger partial charge is 0.379 e. The summed E-state index contributed by atoms with van der Waals surface area (Å²) in [5.41, 5.74) is 0.901. The lowest BCUT2D eigenvalue weighted by Crippen LogP contribution is -2.43. The van der Waals surface area contributed by atoms with Crippen LogP contribution >= 0.6 is 0 Å². The Morgan fingerprint density at radius 3 is 2.59 bits per heavy atom. The Kier molecular flexibility index (Phi) is 5.78. The van der Waals surface area contributed by atoms with Gasteiger partial charge in [0.1, 0.15) is 5.69 Å². The van der Waals surface area contributed by atoms with Crippen molar-refractivity contribution in [2.45, 2.75) is 6.04 Å². The molecule has 144 valence electrons. The van der Waals surface area contributed by atoms with E-state index in [2.05, 4.69) is 20.3 Å². The van der Waals surface area contributed by atoms with Gasteiger partial charge in [0.2, 0.25) is 10.0 Å². The summed E-state index contributed by atoms with van der Waals surface area (Å²) in [4.78, 5) is 25.0. The number of nitrogens with zero attached hydrogens (tertiary/aromatic N) is 4. The van der Waals surface area contributed by atoms with Gasteiger partial charge in [0, 0.05) is 38.6 Å². The van der Waals surface area contributed by atoms with Gasteiger partial charge in [-0.25, -0.2) is 22.7 Å². The summed E-state index contributed by atoms with van der Waals surface area (Å²) in [6.45, 7) is 0.555. The van der Waals surface area contributed by atoms with Crippen LogP contribution in [0.5, 0.6) is 0 Å². The zero-order valence-electron chi connectivity index (χ0n) is 15.1. The molecule has 0 aliphatic carbocycles. The summed E-state index contributed by atoms with van der Waals surface area (Å²) in [7, 11) is -0.410. The molecule has 0 spiro atoms. The average Bonchev–Trinajstić information content (AvgIpc) is 3.08. The maximum atomic E-state index is 12.5. The first kappa shape index (κ1) is 19.3. The zero-order chi connectivity index (χ0) is 19.4. The molecule has 1 N–H and O–H groups in total. The van der Waals surface area contributed by atoms with E-state index < -0.39 is 10.0 Å². The lowest BCUT2D eigenvalue weighted by molar-refractivity contribution is 0.0925. The molecule has 0 bridgehead atoms. The number of rotatable bonds is 6. The van der Waals surface area contributed by atoms with Gasteiger partial charge in [-0.2, -0.15) is 0 Å². The number of ether oxygens (including phenoxy) is 1. The molecule has 2 aromatic rings. The van der Waals surface area contributed by atoms with Crippen LogP contribution in [0.15, 0.2) is 36.8 Å². The monoisotopic (exact) mass is 391 g/mol. The third-order valence-electron chi connectivity index (χ3n) is 4.30. The molecule has 2 aromatic heterocycles. The van der Waals surface area contributed by atoms with Gasteiger partial charge in [0.05, 0.1) is 30.6 Å². The molecule has 0 saturated carbocycles. The fraction of sp³-hybridized carbons (Fsp3) is 0.412. The Morgan fingerprint density at radius 2 is 1.96 bits per heavy atom. The van der Waals surface area contributed by atoms with E-state index in [0.717, 1.165) is 0 Å². The maximum Gasteiger partial charge on any atom is 0.254 e. The molecular formula is C17H21N5O4S. The zero-order valence-corrected chi connectivity index (χ0v) is 15.9. The molecule has 2 atom stereocenters. The van der Waals surface area contributed by atoms with Gasteiger partial charge in [-0.1, -0.05) is 6.07 Å². The topological polar surface area (TPSA) is 114 Å². The number of amides is 1. The van der Waals surface area contributed by atoms with Crippen molar-refractivity contribution in [3.8, 4) is 11.5 Å². The van der Waals surface area contributed by atoms with E-state index in [1.165, 1.54) is 30.8 Å². The summed E-state index contributed by atoms with van der Waals surface area (Å²) in [6, 6.07) is 5.01. The van der Waals surface area contributed by atoms with Crippen LogP contribution in [0.1, 0.15) is 10.4 Å². The second-order valence-electron chi connectivity index (χ2n) is 6.45. The Hall–Kier alpha value is -2.43. The minimum Gasteiger partial charge on any atom is -0.379 e.